The number of nitrogens with zero attached hydrogens (tertiary/aromatic N) is 3. The lowest BCUT2D eigenvalue weighted by Crippen LogP contribution is -2.18. The molecule has 0 radical (unpaired) electrons. The van der Waals surface area contributed by atoms with E-state index in [1.54, 1.807) is 30.3 Å². The highest BCUT2D eigenvalue weighted by molar-refractivity contribution is 7.90. The molecule has 0 saturated carbocycles. The summed E-state index contributed by atoms with van der Waals surface area (Å²) in [6.07, 6.45) is 0. The molecule has 0 atom stereocenters. The Kier molecular flexibility index (Phi) is 2.80. The molecule has 1 aromatic heterocycles. The van der Waals surface area contributed by atoms with Crippen LogP contribution in [0, 0.1) is 0 Å². The summed E-state index contributed by atoms with van der Waals surface area (Å²) in [5.41, 5.74) is 0.945. The molecule has 4 rings (SSSR count). The molecule has 2 heterocycles. The van der Waals surface area contributed by atoms with Crippen molar-refractivity contribution in [2.45, 2.75) is 4.90 Å². The quantitative estimate of drug-likeness (QED) is 0.711. The molecular formula is C14H11N3O4S. The minimum Gasteiger partial charge on any atom is -0.486 e. The van der Waals surface area contributed by atoms with Gasteiger partial charge in [-0.2, -0.15) is 8.42 Å². The van der Waals surface area contributed by atoms with Crippen LogP contribution in [0.1, 0.15) is 0 Å². The van der Waals surface area contributed by atoms with Gasteiger partial charge >= 0.3 is 0 Å². The van der Waals surface area contributed by atoms with E-state index in [0.717, 1.165) is 4.09 Å². The van der Waals surface area contributed by atoms with E-state index in [1.165, 1.54) is 12.1 Å². The van der Waals surface area contributed by atoms with Gasteiger partial charge < -0.3 is 9.47 Å². The van der Waals surface area contributed by atoms with Gasteiger partial charge in [0.2, 0.25) is 0 Å². The molecule has 0 amide bonds. The summed E-state index contributed by atoms with van der Waals surface area (Å²) in [4.78, 5) is 0.0763. The summed E-state index contributed by atoms with van der Waals surface area (Å²) in [6, 6.07) is 11.4. The van der Waals surface area contributed by atoms with Gasteiger partial charge in [0, 0.05) is 6.07 Å². The monoisotopic (exact) mass is 317 g/mol. The second kappa shape index (κ2) is 4.70. The third-order valence-electron chi connectivity index (χ3n) is 3.36. The van der Waals surface area contributed by atoms with Crippen LogP contribution in [0.4, 0.5) is 0 Å². The van der Waals surface area contributed by atoms with Crippen LogP contribution in [-0.4, -0.2) is 36.0 Å². The SMILES string of the molecule is O=S(=O)(c1ccc2c(c1)OCCO2)n1nnc2ccccc21. The number of fused-ring (bicyclic) bond motifs is 2. The highest BCUT2D eigenvalue weighted by Crippen LogP contribution is 2.33. The van der Waals surface area contributed by atoms with Crippen molar-refractivity contribution in [1.82, 2.24) is 14.4 Å². The standard InChI is InChI=1S/C14H11N3O4S/c18-22(19,17-12-4-2-1-3-11(12)15-16-17)10-5-6-13-14(9-10)21-8-7-20-13/h1-6,9H,7-8H2. The Morgan fingerprint density at radius 2 is 1.77 bits per heavy atom. The maximum atomic E-state index is 12.8. The molecule has 3 aromatic rings. The number of aromatic nitrogens is 3. The summed E-state index contributed by atoms with van der Waals surface area (Å²) in [7, 11) is -3.85. The molecule has 0 aliphatic carbocycles. The van der Waals surface area contributed by atoms with Crippen molar-refractivity contribution in [3.05, 3.63) is 42.5 Å². The van der Waals surface area contributed by atoms with Gasteiger partial charge in [0.25, 0.3) is 10.0 Å². The van der Waals surface area contributed by atoms with Crippen molar-refractivity contribution >= 4 is 21.1 Å². The Morgan fingerprint density at radius 3 is 2.64 bits per heavy atom. The van der Waals surface area contributed by atoms with Gasteiger partial charge in [-0.25, -0.2) is 0 Å². The molecule has 0 fully saturated rings. The van der Waals surface area contributed by atoms with E-state index in [9.17, 15) is 8.42 Å². The number of para-hydroxylation sites is 1. The fraction of sp³-hybridized carbons (Fsp3) is 0.143. The lowest BCUT2D eigenvalue weighted by molar-refractivity contribution is 0.171. The first-order valence-corrected chi connectivity index (χ1v) is 8.06. The smallest absolute Gasteiger partial charge is 0.285 e. The Morgan fingerprint density at radius 1 is 1.00 bits per heavy atom. The van der Waals surface area contributed by atoms with Crippen LogP contribution in [0.15, 0.2) is 47.4 Å². The number of ether oxygens (including phenoxy) is 2. The minimum absolute atomic E-state index is 0.0763. The normalized spacial score (nSPS) is 14.2. The van der Waals surface area contributed by atoms with Crippen molar-refractivity contribution in [2.75, 3.05) is 13.2 Å². The van der Waals surface area contributed by atoms with Gasteiger partial charge in [-0.1, -0.05) is 17.3 Å². The third-order valence-corrected chi connectivity index (χ3v) is 4.94. The minimum atomic E-state index is -3.85. The summed E-state index contributed by atoms with van der Waals surface area (Å²) in [5.74, 6) is 0.949. The summed E-state index contributed by atoms with van der Waals surface area (Å²) < 4.78 is 37.3. The molecule has 112 valence electrons. The predicted molar refractivity (Wildman–Crippen MR) is 77.5 cm³/mol. The average Bonchev–Trinajstić information content (AvgIpc) is 2.99. The van der Waals surface area contributed by atoms with Gasteiger partial charge in [-0.15, -0.1) is 9.19 Å². The van der Waals surface area contributed by atoms with Gasteiger partial charge in [-0.3, -0.25) is 0 Å². The van der Waals surface area contributed by atoms with Crippen LogP contribution in [0.2, 0.25) is 0 Å². The highest BCUT2D eigenvalue weighted by atomic mass is 32.2. The zero-order valence-electron chi connectivity index (χ0n) is 11.3. The van der Waals surface area contributed by atoms with E-state index in [4.69, 9.17) is 9.47 Å². The molecule has 2 aromatic carbocycles. The lowest BCUT2D eigenvalue weighted by Gasteiger charge is -2.18. The number of hydrogen-bond acceptors (Lipinski definition) is 6. The molecule has 0 unspecified atom stereocenters. The van der Waals surface area contributed by atoms with E-state index in [0.29, 0.717) is 35.7 Å². The predicted octanol–water partition coefficient (Wildman–Crippen LogP) is 1.44. The number of rotatable bonds is 2. The van der Waals surface area contributed by atoms with Crippen molar-refractivity contribution in [2.24, 2.45) is 0 Å². The molecule has 0 bridgehead atoms. The molecule has 0 spiro atoms. The summed E-state index contributed by atoms with van der Waals surface area (Å²) in [6.45, 7) is 0.843. The third kappa shape index (κ3) is 1.92. The van der Waals surface area contributed by atoms with Crippen molar-refractivity contribution in [1.29, 1.82) is 0 Å². The van der Waals surface area contributed by atoms with E-state index in [2.05, 4.69) is 10.3 Å². The molecular weight excluding hydrogens is 306 g/mol. The fourth-order valence-corrected chi connectivity index (χ4v) is 3.55. The Hall–Kier alpha value is -2.61. The Balaban J connectivity index is 1.87. The van der Waals surface area contributed by atoms with E-state index in [-0.39, 0.29) is 4.90 Å². The first-order valence-electron chi connectivity index (χ1n) is 6.62. The molecule has 0 saturated heterocycles. The van der Waals surface area contributed by atoms with Crippen molar-refractivity contribution in [3.63, 3.8) is 0 Å². The zero-order valence-corrected chi connectivity index (χ0v) is 12.2. The fourth-order valence-electron chi connectivity index (χ4n) is 2.31. The van der Waals surface area contributed by atoms with Crippen LogP contribution in [0.3, 0.4) is 0 Å². The largest absolute Gasteiger partial charge is 0.486 e. The maximum Gasteiger partial charge on any atom is 0.285 e. The summed E-state index contributed by atoms with van der Waals surface area (Å²) >= 11 is 0. The van der Waals surface area contributed by atoms with Crippen LogP contribution in [0.25, 0.3) is 11.0 Å². The van der Waals surface area contributed by atoms with E-state index >= 15 is 0 Å². The number of benzene rings is 2. The van der Waals surface area contributed by atoms with E-state index in [1.807, 2.05) is 0 Å². The average molecular weight is 317 g/mol. The van der Waals surface area contributed by atoms with Crippen LogP contribution >= 0.6 is 0 Å². The van der Waals surface area contributed by atoms with Crippen molar-refractivity contribution in [3.8, 4) is 11.5 Å². The second-order valence-corrected chi connectivity index (χ2v) is 6.50. The summed E-state index contributed by atoms with van der Waals surface area (Å²) in [5, 5.41) is 7.64. The van der Waals surface area contributed by atoms with Gasteiger partial charge in [-0.05, 0) is 24.3 Å². The van der Waals surface area contributed by atoms with Crippen molar-refractivity contribution < 1.29 is 17.9 Å². The van der Waals surface area contributed by atoms with Crippen LogP contribution in [-0.2, 0) is 10.0 Å². The molecule has 22 heavy (non-hydrogen) atoms. The zero-order chi connectivity index (χ0) is 15.2. The Bertz CT molecular complexity index is 965. The van der Waals surface area contributed by atoms with Gasteiger partial charge in [0.1, 0.15) is 24.2 Å². The first kappa shape index (κ1) is 13.1. The van der Waals surface area contributed by atoms with Crippen LogP contribution < -0.4 is 9.47 Å². The molecule has 1 aliphatic rings. The number of hydrogen-bond donors (Lipinski definition) is 0. The van der Waals surface area contributed by atoms with Crippen LogP contribution in [0.5, 0.6) is 11.5 Å². The van der Waals surface area contributed by atoms with Gasteiger partial charge in [0.05, 0.1) is 4.90 Å². The lowest BCUT2D eigenvalue weighted by atomic mass is 10.3. The topological polar surface area (TPSA) is 83.3 Å². The maximum absolute atomic E-state index is 12.8. The molecule has 8 heteroatoms. The molecule has 7 nitrogen and oxygen atoms in total. The molecule has 0 N–H and O–H groups in total. The van der Waals surface area contributed by atoms with E-state index < -0.39 is 10.0 Å². The Labute approximate surface area is 126 Å². The second-order valence-electron chi connectivity index (χ2n) is 4.73. The van der Waals surface area contributed by atoms with Gasteiger partial charge in [0.15, 0.2) is 11.5 Å². The first-order chi connectivity index (χ1) is 10.7. The highest BCUT2D eigenvalue weighted by Gasteiger charge is 2.24. The molecule has 1 aliphatic heterocycles.